The summed E-state index contributed by atoms with van der Waals surface area (Å²) in [6.07, 6.45) is 3.56. The van der Waals surface area contributed by atoms with E-state index in [0.29, 0.717) is 0 Å². The molecule has 6 nitrogen and oxygen atoms in total. The number of hydrogen-bond acceptors (Lipinski definition) is 4. The predicted octanol–water partition coefficient (Wildman–Crippen LogP) is -0.471. The molecule has 1 aliphatic carbocycles. The van der Waals surface area contributed by atoms with Crippen molar-refractivity contribution >= 4 is 11.9 Å². The van der Waals surface area contributed by atoms with Crippen molar-refractivity contribution in [1.82, 2.24) is 20.1 Å². The molecule has 0 atom stereocenters. The molecule has 0 aromatic carbocycles. The van der Waals surface area contributed by atoms with Gasteiger partial charge in [-0.2, -0.15) is 0 Å². The van der Waals surface area contributed by atoms with Crippen molar-refractivity contribution in [3.63, 3.8) is 0 Å². The molecule has 0 aliphatic heterocycles. The molecule has 0 bridgehead atoms. The van der Waals surface area contributed by atoms with Crippen molar-refractivity contribution in [2.75, 3.05) is 5.73 Å². The van der Waals surface area contributed by atoms with Gasteiger partial charge in [-0.05, 0) is 19.8 Å². The van der Waals surface area contributed by atoms with Gasteiger partial charge in [-0.1, -0.05) is 0 Å². The van der Waals surface area contributed by atoms with Crippen LogP contribution < -0.4 is 11.1 Å². The molecular weight excluding hydrogens is 182 g/mol. The van der Waals surface area contributed by atoms with E-state index in [-0.39, 0.29) is 23.9 Å². The Morgan fingerprint density at radius 2 is 2.50 bits per heavy atom. The third kappa shape index (κ3) is 2.01. The molecule has 14 heavy (non-hydrogen) atoms. The van der Waals surface area contributed by atoms with Crippen molar-refractivity contribution in [2.45, 2.75) is 31.8 Å². The van der Waals surface area contributed by atoms with Gasteiger partial charge in [0.2, 0.25) is 11.9 Å². The zero-order chi connectivity index (χ0) is 10.2. The van der Waals surface area contributed by atoms with Crippen LogP contribution in [-0.2, 0) is 11.3 Å². The summed E-state index contributed by atoms with van der Waals surface area (Å²) in [6.45, 7) is 2.21. The lowest BCUT2D eigenvalue weighted by molar-refractivity contribution is -0.122. The van der Waals surface area contributed by atoms with Gasteiger partial charge < -0.3 is 11.1 Å². The van der Waals surface area contributed by atoms with Crippen LogP contribution in [0.3, 0.4) is 0 Å². The molecule has 1 aliphatic rings. The van der Waals surface area contributed by atoms with Crippen LogP contribution in [0.4, 0.5) is 5.95 Å². The zero-order valence-corrected chi connectivity index (χ0v) is 8.03. The lowest BCUT2D eigenvalue weighted by Crippen LogP contribution is -2.36. The quantitative estimate of drug-likeness (QED) is 0.682. The number of nitrogens with one attached hydrogen (secondary N) is 1. The summed E-state index contributed by atoms with van der Waals surface area (Å²) >= 11 is 0. The predicted molar refractivity (Wildman–Crippen MR) is 50.2 cm³/mol. The van der Waals surface area contributed by atoms with Crippen LogP contribution in [0.1, 0.15) is 19.8 Å². The summed E-state index contributed by atoms with van der Waals surface area (Å²) in [6, 6.07) is 0. The van der Waals surface area contributed by atoms with E-state index < -0.39 is 0 Å². The monoisotopic (exact) mass is 195 g/mol. The molecule has 6 heteroatoms. The molecule has 1 heterocycles. The number of nitrogens with zero attached hydrogens (tertiary/aromatic N) is 3. The van der Waals surface area contributed by atoms with Crippen LogP contribution >= 0.6 is 0 Å². The summed E-state index contributed by atoms with van der Waals surface area (Å²) in [5.41, 5.74) is 5.34. The largest absolute Gasteiger partial charge is 0.367 e. The van der Waals surface area contributed by atoms with E-state index in [0.717, 1.165) is 12.8 Å². The number of carbonyl (C=O) groups is 1. The van der Waals surface area contributed by atoms with Gasteiger partial charge in [0.05, 0.1) is 0 Å². The molecule has 1 fully saturated rings. The van der Waals surface area contributed by atoms with E-state index >= 15 is 0 Å². The minimum atomic E-state index is -0.0464. The Kier molecular flexibility index (Phi) is 1.90. The third-order valence-corrected chi connectivity index (χ3v) is 2.30. The Hall–Kier alpha value is -1.59. The van der Waals surface area contributed by atoms with Gasteiger partial charge in [-0.3, -0.25) is 4.79 Å². The smallest absolute Gasteiger partial charge is 0.242 e. The molecule has 0 saturated heterocycles. The zero-order valence-electron chi connectivity index (χ0n) is 8.03. The van der Waals surface area contributed by atoms with E-state index in [1.807, 2.05) is 6.92 Å². The first-order chi connectivity index (χ1) is 6.57. The SMILES string of the molecule is CC1(NC(=O)Cn2cnc(N)n2)CC1. The number of nitrogen functional groups attached to an aromatic ring is 1. The van der Waals surface area contributed by atoms with Crippen LogP contribution in [0, 0.1) is 0 Å². The molecular formula is C8H13N5O. The summed E-state index contributed by atoms with van der Waals surface area (Å²) in [5, 5.41) is 6.74. The van der Waals surface area contributed by atoms with Crippen molar-refractivity contribution in [3.05, 3.63) is 6.33 Å². The Morgan fingerprint density at radius 1 is 1.79 bits per heavy atom. The van der Waals surface area contributed by atoms with Crippen molar-refractivity contribution in [2.24, 2.45) is 0 Å². The first-order valence-electron chi connectivity index (χ1n) is 4.53. The second-order valence-corrected chi connectivity index (χ2v) is 3.91. The lowest BCUT2D eigenvalue weighted by atomic mass is 10.3. The number of anilines is 1. The molecule has 76 valence electrons. The van der Waals surface area contributed by atoms with Gasteiger partial charge in [0.15, 0.2) is 0 Å². The average Bonchev–Trinajstić information content (AvgIpc) is 2.64. The van der Waals surface area contributed by atoms with Gasteiger partial charge in [0.1, 0.15) is 12.9 Å². The van der Waals surface area contributed by atoms with Crippen LogP contribution in [0.15, 0.2) is 6.33 Å². The van der Waals surface area contributed by atoms with Crippen molar-refractivity contribution in [3.8, 4) is 0 Å². The Morgan fingerprint density at radius 3 is 3.00 bits per heavy atom. The second-order valence-electron chi connectivity index (χ2n) is 3.91. The average molecular weight is 195 g/mol. The van der Waals surface area contributed by atoms with Gasteiger partial charge in [0.25, 0.3) is 0 Å². The minimum absolute atomic E-state index is 0.0171. The first-order valence-corrected chi connectivity index (χ1v) is 4.53. The highest BCUT2D eigenvalue weighted by Gasteiger charge is 2.38. The first kappa shape index (κ1) is 8.98. The van der Waals surface area contributed by atoms with Crippen molar-refractivity contribution in [1.29, 1.82) is 0 Å². The van der Waals surface area contributed by atoms with Crippen LogP contribution in [-0.4, -0.2) is 26.2 Å². The summed E-state index contributed by atoms with van der Waals surface area (Å²) in [5.74, 6) is 0.144. The Balaban J connectivity index is 1.88. The number of nitrogens with two attached hydrogens (primary N) is 1. The van der Waals surface area contributed by atoms with Gasteiger partial charge in [-0.15, -0.1) is 5.10 Å². The third-order valence-electron chi connectivity index (χ3n) is 2.30. The maximum Gasteiger partial charge on any atom is 0.242 e. The highest BCUT2D eigenvalue weighted by Crippen LogP contribution is 2.34. The fraction of sp³-hybridized carbons (Fsp3) is 0.625. The molecule has 1 aromatic heterocycles. The van der Waals surface area contributed by atoms with E-state index in [1.165, 1.54) is 11.0 Å². The fourth-order valence-corrected chi connectivity index (χ4v) is 1.22. The van der Waals surface area contributed by atoms with Gasteiger partial charge in [-0.25, -0.2) is 9.67 Å². The molecule has 1 amide bonds. The molecule has 0 radical (unpaired) electrons. The number of rotatable bonds is 3. The van der Waals surface area contributed by atoms with Crippen LogP contribution in [0.2, 0.25) is 0 Å². The molecule has 0 spiro atoms. The summed E-state index contributed by atoms with van der Waals surface area (Å²) in [4.78, 5) is 15.2. The lowest BCUT2D eigenvalue weighted by Gasteiger charge is -2.10. The van der Waals surface area contributed by atoms with E-state index in [9.17, 15) is 4.79 Å². The minimum Gasteiger partial charge on any atom is -0.367 e. The number of amides is 1. The maximum atomic E-state index is 11.4. The van der Waals surface area contributed by atoms with Crippen LogP contribution in [0.25, 0.3) is 0 Å². The number of carbonyl (C=O) groups excluding carboxylic acids is 1. The van der Waals surface area contributed by atoms with Gasteiger partial charge in [0, 0.05) is 5.54 Å². The highest BCUT2D eigenvalue weighted by atomic mass is 16.2. The second kappa shape index (κ2) is 2.97. The highest BCUT2D eigenvalue weighted by molar-refractivity contribution is 5.76. The maximum absolute atomic E-state index is 11.4. The van der Waals surface area contributed by atoms with E-state index in [4.69, 9.17) is 5.73 Å². The molecule has 3 N–H and O–H groups in total. The number of hydrogen-bond donors (Lipinski definition) is 2. The summed E-state index contributed by atoms with van der Waals surface area (Å²) in [7, 11) is 0. The topological polar surface area (TPSA) is 85.8 Å². The van der Waals surface area contributed by atoms with E-state index in [1.54, 1.807) is 0 Å². The Labute approximate surface area is 81.5 Å². The Bertz CT molecular complexity index is 354. The number of aromatic nitrogens is 3. The van der Waals surface area contributed by atoms with E-state index in [2.05, 4.69) is 15.4 Å². The van der Waals surface area contributed by atoms with Crippen LogP contribution in [0.5, 0.6) is 0 Å². The molecule has 0 unspecified atom stereocenters. The summed E-state index contributed by atoms with van der Waals surface area (Å²) < 4.78 is 1.43. The van der Waals surface area contributed by atoms with Gasteiger partial charge >= 0.3 is 0 Å². The normalized spacial score (nSPS) is 17.8. The van der Waals surface area contributed by atoms with Crippen molar-refractivity contribution < 1.29 is 4.79 Å². The molecule has 2 rings (SSSR count). The fourth-order valence-electron chi connectivity index (χ4n) is 1.22. The standard InChI is InChI=1S/C8H13N5O/c1-8(2-3-8)11-6(14)4-13-5-10-7(9)12-13/h5H,2-4H2,1H3,(H2,9,12)(H,11,14). The molecule has 1 saturated carbocycles. The molecule has 1 aromatic rings.